The fraction of sp³-hybridized carbons (Fsp3) is 0.167. The van der Waals surface area contributed by atoms with Gasteiger partial charge in [0.25, 0.3) is 0 Å². The molecule has 124 valence electrons. The Morgan fingerprint density at radius 2 is 1.83 bits per heavy atom. The molecule has 3 aromatic rings. The van der Waals surface area contributed by atoms with E-state index in [-0.39, 0.29) is 5.75 Å². The van der Waals surface area contributed by atoms with E-state index in [0.29, 0.717) is 6.54 Å². The van der Waals surface area contributed by atoms with Crippen LogP contribution in [0.2, 0.25) is 0 Å². The number of sulfone groups is 1. The van der Waals surface area contributed by atoms with Gasteiger partial charge in [-0.3, -0.25) is 0 Å². The Labute approximate surface area is 141 Å². The molecule has 0 aliphatic carbocycles. The molecule has 0 amide bonds. The number of benzene rings is 2. The van der Waals surface area contributed by atoms with Gasteiger partial charge in [0, 0.05) is 36.6 Å². The molecule has 0 spiro atoms. The highest BCUT2D eigenvalue weighted by molar-refractivity contribution is 7.89. The summed E-state index contributed by atoms with van der Waals surface area (Å²) in [6.07, 6.45) is 6.65. The maximum absolute atomic E-state index is 11.5. The van der Waals surface area contributed by atoms with E-state index in [9.17, 15) is 8.42 Å². The van der Waals surface area contributed by atoms with Crippen molar-refractivity contribution in [1.82, 2.24) is 9.55 Å². The fourth-order valence-electron chi connectivity index (χ4n) is 2.50. The minimum Gasteiger partial charge on any atom is -0.381 e. The van der Waals surface area contributed by atoms with E-state index in [0.717, 1.165) is 22.5 Å². The Balaban J connectivity index is 1.70. The molecule has 3 rings (SSSR count). The molecule has 0 fully saturated rings. The molecular weight excluding hydrogens is 322 g/mol. The number of hydrogen-bond donors (Lipinski definition) is 1. The Kier molecular flexibility index (Phi) is 4.66. The molecule has 0 unspecified atom stereocenters. The summed E-state index contributed by atoms with van der Waals surface area (Å²) in [5.41, 5.74) is 3.80. The van der Waals surface area contributed by atoms with E-state index >= 15 is 0 Å². The second-order valence-corrected chi connectivity index (χ2v) is 7.86. The van der Waals surface area contributed by atoms with E-state index in [1.54, 1.807) is 12.5 Å². The average molecular weight is 341 g/mol. The van der Waals surface area contributed by atoms with Gasteiger partial charge in [0.2, 0.25) is 0 Å². The SMILES string of the molecule is CS(=O)(=O)Cc1ccccc1NCc1ccc(-n2ccnc2)cc1. The number of para-hydroxylation sites is 1. The molecule has 0 bridgehead atoms. The molecular formula is C18H19N3O2S. The second-order valence-electron chi connectivity index (χ2n) is 5.72. The molecule has 0 aliphatic heterocycles. The number of hydrogen-bond acceptors (Lipinski definition) is 4. The summed E-state index contributed by atoms with van der Waals surface area (Å²) in [6.45, 7) is 0.630. The molecule has 0 aliphatic rings. The van der Waals surface area contributed by atoms with E-state index in [2.05, 4.69) is 10.3 Å². The lowest BCUT2D eigenvalue weighted by molar-refractivity contribution is 0.601. The quantitative estimate of drug-likeness (QED) is 0.748. The van der Waals surface area contributed by atoms with Crippen LogP contribution in [0.3, 0.4) is 0 Å². The predicted molar refractivity (Wildman–Crippen MR) is 95.9 cm³/mol. The van der Waals surface area contributed by atoms with E-state index in [1.165, 1.54) is 6.26 Å². The zero-order valence-corrected chi connectivity index (χ0v) is 14.2. The molecule has 0 atom stereocenters. The largest absolute Gasteiger partial charge is 0.381 e. The maximum atomic E-state index is 11.5. The summed E-state index contributed by atoms with van der Waals surface area (Å²) < 4.78 is 25.0. The molecule has 0 radical (unpaired) electrons. The monoisotopic (exact) mass is 341 g/mol. The van der Waals surface area contributed by atoms with Crippen LogP contribution in [-0.4, -0.2) is 24.2 Å². The van der Waals surface area contributed by atoms with Gasteiger partial charge in [-0.1, -0.05) is 30.3 Å². The van der Waals surface area contributed by atoms with Crippen LogP contribution < -0.4 is 5.32 Å². The van der Waals surface area contributed by atoms with Crippen LogP contribution in [-0.2, 0) is 22.1 Å². The molecule has 1 heterocycles. The van der Waals surface area contributed by atoms with Crippen LogP contribution in [0.4, 0.5) is 5.69 Å². The lowest BCUT2D eigenvalue weighted by Gasteiger charge is -2.12. The Morgan fingerprint density at radius 1 is 1.08 bits per heavy atom. The maximum Gasteiger partial charge on any atom is 0.151 e. The third-order valence-electron chi connectivity index (χ3n) is 3.66. The topological polar surface area (TPSA) is 64.0 Å². The van der Waals surface area contributed by atoms with Crippen LogP contribution in [0.1, 0.15) is 11.1 Å². The van der Waals surface area contributed by atoms with Gasteiger partial charge in [-0.15, -0.1) is 0 Å². The molecule has 24 heavy (non-hydrogen) atoms. The van der Waals surface area contributed by atoms with Gasteiger partial charge in [-0.25, -0.2) is 13.4 Å². The van der Waals surface area contributed by atoms with Gasteiger partial charge in [-0.05, 0) is 29.3 Å². The Hall–Kier alpha value is -2.60. The average Bonchev–Trinajstić information content (AvgIpc) is 3.07. The number of imidazole rings is 1. The number of nitrogens with zero attached hydrogens (tertiary/aromatic N) is 2. The van der Waals surface area contributed by atoms with Crippen LogP contribution in [0.25, 0.3) is 5.69 Å². The van der Waals surface area contributed by atoms with Crippen molar-refractivity contribution in [3.05, 3.63) is 78.4 Å². The normalized spacial score (nSPS) is 11.4. The van der Waals surface area contributed by atoms with Crippen molar-refractivity contribution < 1.29 is 8.42 Å². The summed E-state index contributed by atoms with van der Waals surface area (Å²) >= 11 is 0. The lowest BCUT2D eigenvalue weighted by atomic mass is 10.1. The number of aromatic nitrogens is 2. The Morgan fingerprint density at radius 3 is 2.50 bits per heavy atom. The minimum absolute atomic E-state index is 0.0374. The first-order valence-corrected chi connectivity index (χ1v) is 9.64. The van der Waals surface area contributed by atoms with E-state index in [4.69, 9.17) is 0 Å². The van der Waals surface area contributed by atoms with Gasteiger partial charge < -0.3 is 9.88 Å². The first-order valence-electron chi connectivity index (χ1n) is 7.58. The summed E-state index contributed by atoms with van der Waals surface area (Å²) in [4.78, 5) is 4.04. The molecule has 1 N–H and O–H groups in total. The number of rotatable bonds is 6. The molecule has 6 heteroatoms. The highest BCUT2D eigenvalue weighted by Crippen LogP contribution is 2.19. The zero-order valence-electron chi connectivity index (χ0n) is 13.4. The van der Waals surface area contributed by atoms with Crippen molar-refractivity contribution >= 4 is 15.5 Å². The van der Waals surface area contributed by atoms with Crippen molar-refractivity contribution in [1.29, 1.82) is 0 Å². The van der Waals surface area contributed by atoms with E-state index in [1.807, 2.05) is 59.3 Å². The first kappa shape index (κ1) is 16.3. The molecule has 2 aromatic carbocycles. The van der Waals surface area contributed by atoms with Crippen LogP contribution in [0.15, 0.2) is 67.3 Å². The van der Waals surface area contributed by atoms with Gasteiger partial charge in [0.15, 0.2) is 9.84 Å². The van der Waals surface area contributed by atoms with Crippen LogP contribution >= 0.6 is 0 Å². The second kappa shape index (κ2) is 6.88. The van der Waals surface area contributed by atoms with E-state index < -0.39 is 9.84 Å². The van der Waals surface area contributed by atoms with Crippen molar-refractivity contribution in [3.63, 3.8) is 0 Å². The fourth-order valence-corrected chi connectivity index (χ4v) is 3.31. The lowest BCUT2D eigenvalue weighted by Crippen LogP contribution is -2.06. The van der Waals surface area contributed by atoms with Crippen molar-refractivity contribution in [3.8, 4) is 5.69 Å². The highest BCUT2D eigenvalue weighted by atomic mass is 32.2. The van der Waals surface area contributed by atoms with Crippen molar-refractivity contribution in [2.45, 2.75) is 12.3 Å². The molecule has 1 aromatic heterocycles. The summed E-state index contributed by atoms with van der Waals surface area (Å²) in [6, 6.07) is 15.6. The summed E-state index contributed by atoms with van der Waals surface area (Å²) in [7, 11) is -3.06. The Bertz CT molecular complexity index is 902. The minimum atomic E-state index is -3.06. The summed E-state index contributed by atoms with van der Waals surface area (Å²) in [5.74, 6) is 0.0374. The molecule has 5 nitrogen and oxygen atoms in total. The highest BCUT2D eigenvalue weighted by Gasteiger charge is 2.08. The van der Waals surface area contributed by atoms with Crippen molar-refractivity contribution in [2.24, 2.45) is 0 Å². The van der Waals surface area contributed by atoms with Gasteiger partial charge in [0.1, 0.15) is 0 Å². The predicted octanol–water partition coefficient (Wildman–Crippen LogP) is 3.03. The van der Waals surface area contributed by atoms with Crippen LogP contribution in [0, 0.1) is 0 Å². The first-order chi connectivity index (χ1) is 11.5. The summed E-state index contributed by atoms with van der Waals surface area (Å²) in [5, 5.41) is 3.32. The third kappa shape index (κ3) is 4.23. The number of nitrogens with one attached hydrogen (secondary N) is 1. The van der Waals surface area contributed by atoms with Crippen LogP contribution in [0.5, 0.6) is 0 Å². The molecule has 0 saturated heterocycles. The standard InChI is InChI=1S/C18H19N3O2S/c1-24(22,23)13-16-4-2-3-5-18(16)20-12-15-6-8-17(9-7-15)21-11-10-19-14-21/h2-11,14,20H,12-13H2,1H3. The zero-order chi connectivity index (χ0) is 17.0. The van der Waals surface area contributed by atoms with Gasteiger partial charge in [-0.2, -0.15) is 0 Å². The molecule has 0 saturated carbocycles. The third-order valence-corrected chi connectivity index (χ3v) is 4.49. The number of anilines is 1. The smallest absolute Gasteiger partial charge is 0.151 e. The van der Waals surface area contributed by atoms with Crippen molar-refractivity contribution in [2.75, 3.05) is 11.6 Å². The van der Waals surface area contributed by atoms with Gasteiger partial charge >= 0.3 is 0 Å². The van der Waals surface area contributed by atoms with Gasteiger partial charge in [0.05, 0.1) is 12.1 Å².